The number of phenols is 1. The van der Waals surface area contributed by atoms with E-state index in [1.807, 2.05) is 19.1 Å². The largest absolute Gasteiger partial charge is 0.508 e. The number of fused-ring (bicyclic) bond motifs is 1. The quantitative estimate of drug-likeness (QED) is 0.761. The maximum atomic E-state index is 9.41. The van der Waals surface area contributed by atoms with Gasteiger partial charge in [0.05, 0.1) is 0 Å². The molecule has 82 valence electrons. The molecule has 0 bridgehead atoms. The standard InChI is InChI=1S/C12H18N2O/c1-9(13)7-14-5-4-10-2-3-12(15)6-11(10)8-14/h2-3,6,9,15H,4-5,7-8,13H2,1H3. The van der Waals surface area contributed by atoms with Gasteiger partial charge in [0.25, 0.3) is 0 Å². The van der Waals surface area contributed by atoms with Crippen molar-refractivity contribution in [2.45, 2.75) is 25.9 Å². The zero-order chi connectivity index (χ0) is 10.8. The average molecular weight is 206 g/mol. The van der Waals surface area contributed by atoms with Crippen LogP contribution in [0.4, 0.5) is 0 Å². The molecule has 0 aliphatic carbocycles. The Kier molecular flexibility index (Phi) is 2.93. The molecular formula is C12H18N2O. The van der Waals surface area contributed by atoms with Gasteiger partial charge in [-0.2, -0.15) is 0 Å². The first-order valence-electron chi connectivity index (χ1n) is 5.44. The Bertz CT molecular complexity index is 349. The summed E-state index contributed by atoms with van der Waals surface area (Å²) in [5.41, 5.74) is 8.38. The Morgan fingerprint density at radius 2 is 2.27 bits per heavy atom. The zero-order valence-corrected chi connectivity index (χ0v) is 9.11. The van der Waals surface area contributed by atoms with Crippen molar-refractivity contribution in [3.63, 3.8) is 0 Å². The van der Waals surface area contributed by atoms with Gasteiger partial charge in [0, 0.05) is 25.7 Å². The van der Waals surface area contributed by atoms with Crippen molar-refractivity contribution in [2.75, 3.05) is 13.1 Å². The first-order chi connectivity index (χ1) is 7.15. The molecule has 1 aliphatic heterocycles. The summed E-state index contributed by atoms with van der Waals surface area (Å²) in [6.45, 7) is 4.93. The van der Waals surface area contributed by atoms with E-state index in [2.05, 4.69) is 4.90 Å². The fourth-order valence-electron chi connectivity index (χ4n) is 2.17. The number of benzene rings is 1. The van der Waals surface area contributed by atoms with Gasteiger partial charge in [-0.3, -0.25) is 4.90 Å². The molecule has 3 heteroatoms. The molecule has 1 atom stereocenters. The number of hydrogen-bond acceptors (Lipinski definition) is 3. The van der Waals surface area contributed by atoms with E-state index in [-0.39, 0.29) is 6.04 Å². The van der Waals surface area contributed by atoms with Crippen molar-refractivity contribution in [3.8, 4) is 5.75 Å². The van der Waals surface area contributed by atoms with Gasteiger partial charge in [-0.25, -0.2) is 0 Å². The van der Waals surface area contributed by atoms with Crippen molar-refractivity contribution >= 4 is 0 Å². The highest BCUT2D eigenvalue weighted by atomic mass is 16.3. The number of nitrogens with two attached hydrogens (primary N) is 1. The van der Waals surface area contributed by atoms with E-state index in [1.165, 1.54) is 11.1 Å². The van der Waals surface area contributed by atoms with Crippen LogP contribution in [-0.4, -0.2) is 29.1 Å². The molecule has 0 saturated carbocycles. The third-order valence-electron chi connectivity index (χ3n) is 2.83. The minimum Gasteiger partial charge on any atom is -0.508 e. The molecule has 3 N–H and O–H groups in total. The lowest BCUT2D eigenvalue weighted by Crippen LogP contribution is -2.38. The van der Waals surface area contributed by atoms with Crippen LogP contribution >= 0.6 is 0 Å². The molecule has 0 amide bonds. The molecule has 1 aromatic carbocycles. The van der Waals surface area contributed by atoms with Gasteiger partial charge in [-0.15, -0.1) is 0 Å². The van der Waals surface area contributed by atoms with Crippen LogP contribution in [0.3, 0.4) is 0 Å². The number of nitrogens with zero attached hydrogens (tertiary/aromatic N) is 1. The summed E-state index contributed by atoms with van der Waals surface area (Å²) >= 11 is 0. The van der Waals surface area contributed by atoms with E-state index < -0.39 is 0 Å². The molecule has 0 spiro atoms. The SMILES string of the molecule is CC(N)CN1CCc2ccc(O)cc2C1. The van der Waals surface area contributed by atoms with Crippen LogP contribution in [0.2, 0.25) is 0 Å². The molecule has 1 unspecified atom stereocenters. The molecule has 1 heterocycles. The Hall–Kier alpha value is -1.06. The van der Waals surface area contributed by atoms with Crippen molar-refractivity contribution in [1.29, 1.82) is 0 Å². The van der Waals surface area contributed by atoms with Gasteiger partial charge in [0.1, 0.15) is 5.75 Å². The van der Waals surface area contributed by atoms with Crippen molar-refractivity contribution < 1.29 is 5.11 Å². The molecule has 1 aliphatic rings. The van der Waals surface area contributed by atoms with Crippen LogP contribution in [0.5, 0.6) is 5.75 Å². The normalized spacial score (nSPS) is 18.5. The fraction of sp³-hybridized carbons (Fsp3) is 0.500. The predicted octanol–water partition coefficient (Wildman–Crippen LogP) is 1.10. The summed E-state index contributed by atoms with van der Waals surface area (Å²) in [5, 5.41) is 9.41. The van der Waals surface area contributed by atoms with Gasteiger partial charge in [0.2, 0.25) is 0 Å². The third-order valence-corrected chi connectivity index (χ3v) is 2.83. The van der Waals surface area contributed by atoms with E-state index in [0.717, 1.165) is 26.1 Å². The fourth-order valence-corrected chi connectivity index (χ4v) is 2.17. The predicted molar refractivity (Wildman–Crippen MR) is 60.7 cm³/mol. The van der Waals surface area contributed by atoms with Crippen LogP contribution < -0.4 is 5.73 Å². The van der Waals surface area contributed by atoms with E-state index >= 15 is 0 Å². The summed E-state index contributed by atoms with van der Waals surface area (Å²) in [5.74, 6) is 0.358. The summed E-state index contributed by atoms with van der Waals surface area (Å²) in [6.07, 6.45) is 1.06. The molecule has 3 nitrogen and oxygen atoms in total. The summed E-state index contributed by atoms with van der Waals surface area (Å²) in [7, 11) is 0. The maximum Gasteiger partial charge on any atom is 0.115 e. The summed E-state index contributed by atoms with van der Waals surface area (Å²) in [6, 6.07) is 5.86. The second kappa shape index (κ2) is 4.21. The molecule has 15 heavy (non-hydrogen) atoms. The van der Waals surface area contributed by atoms with Crippen LogP contribution in [-0.2, 0) is 13.0 Å². The minimum absolute atomic E-state index is 0.212. The number of rotatable bonds is 2. The Labute approximate surface area is 90.5 Å². The Morgan fingerprint density at radius 1 is 1.47 bits per heavy atom. The molecule has 0 saturated heterocycles. The molecular weight excluding hydrogens is 188 g/mol. The van der Waals surface area contributed by atoms with Crippen LogP contribution in [0.25, 0.3) is 0 Å². The number of hydrogen-bond donors (Lipinski definition) is 2. The lowest BCUT2D eigenvalue weighted by Gasteiger charge is -2.29. The average Bonchev–Trinajstić information content (AvgIpc) is 2.16. The van der Waals surface area contributed by atoms with E-state index in [4.69, 9.17) is 5.73 Å². The molecule has 0 aromatic heterocycles. The van der Waals surface area contributed by atoms with Crippen molar-refractivity contribution in [3.05, 3.63) is 29.3 Å². The molecule has 0 radical (unpaired) electrons. The first-order valence-corrected chi connectivity index (χ1v) is 5.44. The van der Waals surface area contributed by atoms with Crippen LogP contribution in [0, 0.1) is 0 Å². The second-order valence-corrected chi connectivity index (χ2v) is 4.42. The van der Waals surface area contributed by atoms with Crippen molar-refractivity contribution in [1.82, 2.24) is 4.90 Å². The monoisotopic (exact) mass is 206 g/mol. The highest BCUT2D eigenvalue weighted by Crippen LogP contribution is 2.22. The van der Waals surface area contributed by atoms with Crippen molar-refractivity contribution in [2.24, 2.45) is 5.73 Å². The van der Waals surface area contributed by atoms with E-state index in [1.54, 1.807) is 6.07 Å². The molecule has 1 aromatic rings. The molecule has 2 rings (SSSR count). The summed E-state index contributed by atoms with van der Waals surface area (Å²) < 4.78 is 0. The third kappa shape index (κ3) is 2.49. The topological polar surface area (TPSA) is 49.5 Å². The highest BCUT2D eigenvalue weighted by molar-refractivity contribution is 5.36. The van der Waals surface area contributed by atoms with Gasteiger partial charge in [-0.1, -0.05) is 6.07 Å². The smallest absolute Gasteiger partial charge is 0.115 e. The van der Waals surface area contributed by atoms with Gasteiger partial charge in [0.15, 0.2) is 0 Å². The lowest BCUT2D eigenvalue weighted by atomic mass is 9.99. The zero-order valence-electron chi connectivity index (χ0n) is 9.11. The van der Waals surface area contributed by atoms with E-state index in [0.29, 0.717) is 5.75 Å². The van der Waals surface area contributed by atoms with Crippen LogP contribution in [0.1, 0.15) is 18.1 Å². The van der Waals surface area contributed by atoms with Gasteiger partial charge < -0.3 is 10.8 Å². The number of phenolic OH excluding ortho intramolecular Hbond substituents is 1. The maximum absolute atomic E-state index is 9.41. The van der Waals surface area contributed by atoms with Crippen LogP contribution in [0.15, 0.2) is 18.2 Å². The molecule has 0 fully saturated rings. The second-order valence-electron chi connectivity index (χ2n) is 4.42. The first kappa shape index (κ1) is 10.5. The lowest BCUT2D eigenvalue weighted by molar-refractivity contribution is 0.242. The minimum atomic E-state index is 0.212. The Morgan fingerprint density at radius 3 is 3.00 bits per heavy atom. The van der Waals surface area contributed by atoms with Gasteiger partial charge >= 0.3 is 0 Å². The van der Waals surface area contributed by atoms with E-state index in [9.17, 15) is 5.11 Å². The highest BCUT2D eigenvalue weighted by Gasteiger charge is 2.16. The summed E-state index contributed by atoms with van der Waals surface area (Å²) in [4.78, 5) is 2.34. The Balaban J connectivity index is 2.11. The number of aromatic hydroxyl groups is 1. The van der Waals surface area contributed by atoms with Gasteiger partial charge in [-0.05, 0) is 36.6 Å².